The second kappa shape index (κ2) is 12.2. The summed E-state index contributed by atoms with van der Waals surface area (Å²) in [6, 6.07) is 9.39. The third-order valence-electron chi connectivity index (χ3n) is 6.35. The first-order chi connectivity index (χ1) is 17.5. The van der Waals surface area contributed by atoms with Crippen molar-refractivity contribution in [2.45, 2.75) is 32.8 Å². The van der Waals surface area contributed by atoms with Crippen molar-refractivity contribution < 1.29 is 14.6 Å². The Morgan fingerprint density at radius 2 is 2.03 bits per heavy atom. The number of hydrogen-bond donors (Lipinski definition) is 4. The number of guanidine groups is 1. The van der Waals surface area contributed by atoms with Gasteiger partial charge in [-0.3, -0.25) is 4.99 Å². The largest absolute Gasteiger partial charge is 0.493 e. The number of ether oxygens (including phenoxy) is 2. The third kappa shape index (κ3) is 6.16. The highest BCUT2D eigenvalue weighted by molar-refractivity contribution is 6.34. The van der Waals surface area contributed by atoms with Crippen molar-refractivity contribution in [3.8, 4) is 11.5 Å². The van der Waals surface area contributed by atoms with Crippen LogP contribution >= 0.6 is 11.6 Å². The number of nitrogens with one attached hydrogen (secondary N) is 3. The molecule has 3 aromatic rings. The molecular weight excluding hydrogens is 480 g/mol. The average Bonchev–Trinajstić information content (AvgIpc) is 2.89. The molecule has 1 fully saturated rings. The zero-order chi connectivity index (χ0) is 25.5. The van der Waals surface area contributed by atoms with Crippen molar-refractivity contribution in [2.75, 3.05) is 44.0 Å². The molecule has 2 aromatic carbocycles. The SMILES string of the molecule is COc1cc2c(NC(=NCCO)Nc3c(C)cccc3Cl)ncnc2cc1OC(C)C1CCNCC1. The Kier molecular flexibility index (Phi) is 8.79. The van der Waals surface area contributed by atoms with Crippen LogP contribution in [-0.4, -0.2) is 60.5 Å². The highest BCUT2D eigenvalue weighted by Gasteiger charge is 2.23. The van der Waals surface area contributed by atoms with E-state index in [1.807, 2.05) is 31.2 Å². The first-order valence-corrected chi connectivity index (χ1v) is 12.5. The Morgan fingerprint density at radius 3 is 2.75 bits per heavy atom. The minimum atomic E-state index is -0.0946. The second-order valence-corrected chi connectivity index (χ2v) is 9.20. The first kappa shape index (κ1) is 25.9. The summed E-state index contributed by atoms with van der Waals surface area (Å²) in [5, 5.41) is 20.5. The fraction of sp³-hybridized carbons (Fsp3) is 0.423. The van der Waals surface area contributed by atoms with Crippen LogP contribution in [0.1, 0.15) is 25.3 Å². The number of aryl methyl sites for hydroxylation is 1. The molecule has 0 saturated carbocycles. The molecule has 0 radical (unpaired) electrons. The van der Waals surface area contributed by atoms with Crippen LogP contribution in [0.25, 0.3) is 10.9 Å². The molecule has 0 aliphatic carbocycles. The van der Waals surface area contributed by atoms with Crippen LogP contribution in [0.2, 0.25) is 5.02 Å². The summed E-state index contributed by atoms with van der Waals surface area (Å²) in [5.74, 6) is 2.67. The van der Waals surface area contributed by atoms with E-state index < -0.39 is 0 Å². The molecule has 192 valence electrons. The number of nitrogens with zero attached hydrogens (tertiary/aromatic N) is 3. The number of halogens is 1. The Hall–Kier alpha value is -3.14. The molecular formula is C26H33ClN6O3. The van der Waals surface area contributed by atoms with E-state index in [4.69, 9.17) is 21.1 Å². The van der Waals surface area contributed by atoms with Gasteiger partial charge in [-0.2, -0.15) is 0 Å². The highest BCUT2D eigenvalue weighted by atomic mass is 35.5. The maximum Gasteiger partial charge on any atom is 0.201 e. The molecule has 9 nitrogen and oxygen atoms in total. The van der Waals surface area contributed by atoms with Gasteiger partial charge in [0.05, 0.1) is 42.6 Å². The fourth-order valence-electron chi connectivity index (χ4n) is 4.32. The molecule has 0 spiro atoms. The Balaban J connectivity index is 1.63. The summed E-state index contributed by atoms with van der Waals surface area (Å²) < 4.78 is 12.0. The number of hydrogen-bond acceptors (Lipinski definition) is 7. The van der Waals surface area contributed by atoms with Gasteiger partial charge >= 0.3 is 0 Å². The Morgan fingerprint density at radius 1 is 1.22 bits per heavy atom. The fourth-order valence-corrected chi connectivity index (χ4v) is 4.59. The Labute approximate surface area is 216 Å². The van der Waals surface area contributed by atoms with E-state index >= 15 is 0 Å². The zero-order valence-electron chi connectivity index (χ0n) is 20.8. The molecule has 36 heavy (non-hydrogen) atoms. The Bertz CT molecular complexity index is 1200. The van der Waals surface area contributed by atoms with E-state index in [1.165, 1.54) is 6.33 Å². The third-order valence-corrected chi connectivity index (χ3v) is 6.67. The number of fused-ring (bicyclic) bond motifs is 1. The molecule has 4 rings (SSSR count). The van der Waals surface area contributed by atoms with Crippen LogP contribution in [-0.2, 0) is 0 Å². The normalized spacial score (nSPS) is 15.5. The second-order valence-electron chi connectivity index (χ2n) is 8.79. The lowest BCUT2D eigenvalue weighted by Gasteiger charge is -2.29. The van der Waals surface area contributed by atoms with Crippen LogP contribution in [0.5, 0.6) is 11.5 Å². The highest BCUT2D eigenvalue weighted by Crippen LogP contribution is 2.36. The van der Waals surface area contributed by atoms with Gasteiger partial charge in [0.25, 0.3) is 0 Å². The maximum atomic E-state index is 9.34. The van der Waals surface area contributed by atoms with E-state index in [-0.39, 0.29) is 19.3 Å². The lowest BCUT2D eigenvalue weighted by Crippen LogP contribution is -2.35. The summed E-state index contributed by atoms with van der Waals surface area (Å²) in [6.07, 6.45) is 3.71. The minimum Gasteiger partial charge on any atom is -0.493 e. The van der Waals surface area contributed by atoms with Crippen LogP contribution in [0.3, 0.4) is 0 Å². The molecule has 1 aromatic heterocycles. The van der Waals surface area contributed by atoms with Gasteiger partial charge < -0.3 is 30.5 Å². The van der Waals surface area contributed by atoms with Crippen LogP contribution in [0.4, 0.5) is 11.5 Å². The van der Waals surface area contributed by atoms with Gasteiger partial charge in [0.2, 0.25) is 5.96 Å². The summed E-state index contributed by atoms with van der Waals surface area (Å²) in [5.41, 5.74) is 2.39. The smallest absolute Gasteiger partial charge is 0.201 e. The standard InChI is InChI=1S/C26H33ClN6O3/c1-16-5-4-6-20(27)24(16)32-26(29-11-12-34)33-25-19-13-22(35-3)23(14-21(19)30-15-31-25)36-17(2)18-7-9-28-10-8-18/h4-6,13-15,17-18,28,34H,7-12H2,1-3H3,(H2,29,30,31,32,33). The zero-order valence-corrected chi connectivity index (χ0v) is 21.6. The maximum absolute atomic E-state index is 9.34. The number of aliphatic imine (C=N–C) groups is 1. The number of methoxy groups -OCH3 is 1. The predicted molar refractivity (Wildman–Crippen MR) is 145 cm³/mol. The molecule has 0 bridgehead atoms. The lowest BCUT2D eigenvalue weighted by atomic mass is 9.93. The number of piperidine rings is 1. The molecule has 2 heterocycles. The van der Waals surface area contributed by atoms with Crippen LogP contribution < -0.4 is 25.4 Å². The number of aliphatic hydroxyl groups excluding tert-OH is 1. The van der Waals surface area contributed by atoms with Crippen LogP contribution in [0, 0.1) is 12.8 Å². The summed E-state index contributed by atoms with van der Waals surface area (Å²) >= 11 is 6.41. The quantitative estimate of drug-likeness (QED) is 0.262. The van der Waals surface area contributed by atoms with Gasteiger partial charge in [0, 0.05) is 11.5 Å². The van der Waals surface area contributed by atoms with Crippen molar-refractivity contribution in [1.29, 1.82) is 0 Å². The summed E-state index contributed by atoms with van der Waals surface area (Å²) in [7, 11) is 1.62. The molecule has 1 aliphatic rings. The number of para-hydroxylation sites is 1. The molecule has 1 unspecified atom stereocenters. The minimum absolute atomic E-state index is 0.0539. The van der Waals surface area contributed by atoms with E-state index in [9.17, 15) is 5.11 Å². The predicted octanol–water partition coefficient (Wildman–Crippen LogP) is 4.24. The first-order valence-electron chi connectivity index (χ1n) is 12.1. The molecule has 1 saturated heterocycles. The van der Waals surface area contributed by atoms with Crippen molar-refractivity contribution in [2.24, 2.45) is 10.9 Å². The number of aromatic nitrogens is 2. The topological polar surface area (TPSA) is 113 Å². The van der Waals surface area contributed by atoms with Gasteiger partial charge in [-0.1, -0.05) is 23.7 Å². The molecule has 0 amide bonds. The van der Waals surface area contributed by atoms with Gasteiger partial charge in [-0.15, -0.1) is 0 Å². The van der Waals surface area contributed by atoms with Crippen molar-refractivity contribution >= 4 is 40.0 Å². The number of benzene rings is 2. The molecule has 4 N–H and O–H groups in total. The van der Waals surface area contributed by atoms with Crippen molar-refractivity contribution in [1.82, 2.24) is 15.3 Å². The number of rotatable bonds is 8. The van der Waals surface area contributed by atoms with Crippen LogP contribution in [0.15, 0.2) is 41.7 Å². The van der Waals surface area contributed by atoms with E-state index in [0.29, 0.717) is 39.7 Å². The molecule has 1 atom stereocenters. The van der Waals surface area contributed by atoms with E-state index in [1.54, 1.807) is 13.2 Å². The van der Waals surface area contributed by atoms with E-state index in [2.05, 4.69) is 37.8 Å². The summed E-state index contributed by atoms with van der Waals surface area (Å²) in [6.45, 7) is 6.20. The van der Waals surface area contributed by atoms with Gasteiger partial charge in [0.15, 0.2) is 11.5 Å². The monoisotopic (exact) mass is 512 g/mol. The van der Waals surface area contributed by atoms with Gasteiger partial charge in [-0.05, 0) is 63.4 Å². The summed E-state index contributed by atoms with van der Waals surface area (Å²) in [4.78, 5) is 13.3. The van der Waals surface area contributed by atoms with Crippen molar-refractivity contribution in [3.63, 3.8) is 0 Å². The number of anilines is 2. The lowest BCUT2D eigenvalue weighted by molar-refractivity contribution is 0.124. The number of aliphatic hydroxyl groups is 1. The van der Waals surface area contributed by atoms with Crippen molar-refractivity contribution in [3.05, 3.63) is 47.2 Å². The molecule has 1 aliphatic heterocycles. The molecule has 10 heteroatoms. The van der Waals surface area contributed by atoms with Gasteiger partial charge in [0.1, 0.15) is 12.1 Å². The average molecular weight is 513 g/mol. The van der Waals surface area contributed by atoms with E-state index in [0.717, 1.165) is 42.6 Å². The van der Waals surface area contributed by atoms with Gasteiger partial charge in [-0.25, -0.2) is 9.97 Å².